The molecule has 0 unspecified atom stereocenters. The van der Waals surface area contributed by atoms with Crippen LogP contribution in [-0.2, 0) is 12.8 Å². The van der Waals surface area contributed by atoms with E-state index in [0.717, 1.165) is 44.2 Å². The molecule has 4 nitrogen and oxygen atoms in total. The highest BCUT2D eigenvalue weighted by Crippen LogP contribution is 2.25. The molecule has 0 bridgehead atoms. The number of guanidine groups is 1. The summed E-state index contributed by atoms with van der Waals surface area (Å²) >= 11 is 0. The summed E-state index contributed by atoms with van der Waals surface area (Å²) in [5.74, 6) is 4.35. The molecule has 0 spiro atoms. The predicted octanol–water partition coefficient (Wildman–Crippen LogP) is 1.97. The highest BCUT2D eigenvalue weighted by atomic mass is 127. The normalized spacial score (nSPS) is 12.7. The van der Waals surface area contributed by atoms with Gasteiger partial charge in [-0.05, 0) is 30.5 Å². The summed E-state index contributed by atoms with van der Waals surface area (Å²) in [6.45, 7) is 4.89. The second-order valence-electron chi connectivity index (χ2n) is 4.61. The second kappa shape index (κ2) is 9.50. The Labute approximate surface area is 143 Å². The van der Waals surface area contributed by atoms with Gasteiger partial charge >= 0.3 is 0 Å². The summed E-state index contributed by atoms with van der Waals surface area (Å²) in [6.07, 6.45) is 7.17. The predicted molar refractivity (Wildman–Crippen MR) is 97.6 cm³/mol. The average Bonchev–Trinajstić information content (AvgIpc) is 2.92. The highest BCUT2D eigenvalue weighted by molar-refractivity contribution is 14.0. The van der Waals surface area contributed by atoms with Crippen LogP contribution in [0.5, 0.6) is 5.75 Å². The lowest BCUT2D eigenvalue weighted by Crippen LogP contribution is -2.37. The van der Waals surface area contributed by atoms with E-state index < -0.39 is 0 Å². The minimum atomic E-state index is 0. The van der Waals surface area contributed by atoms with Crippen molar-refractivity contribution in [2.45, 2.75) is 19.8 Å². The van der Waals surface area contributed by atoms with E-state index in [9.17, 15) is 0 Å². The zero-order chi connectivity index (χ0) is 14.2. The van der Waals surface area contributed by atoms with Gasteiger partial charge in [-0.15, -0.1) is 30.4 Å². The molecule has 0 aromatic heterocycles. The number of terminal acetylenes is 1. The maximum atomic E-state index is 5.51. The van der Waals surface area contributed by atoms with E-state index in [1.54, 1.807) is 0 Å². The molecule has 1 aromatic rings. The molecule has 0 amide bonds. The molecular formula is C16H22IN3O. The Morgan fingerprint density at radius 3 is 3.05 bits per heavy atom. The van der Waals surface area contributed by atoms with Crippen molar-refractivity contribution in [1.29, 1.82) is 0 Å². The lowest BCUT2D eigenvalue weighted by molar-refractivity contribution is 0.357. The molecule has 2 N–H and O–H groups in total. The average molecular weight is 399 g/mol. The molecular weight excluding hydrogens is 377 g/mol. The molecule has 0 saturated heterocycles. The quantitative estimate of drug-likeness (QED) is 0.345. The third-order valence-electron chi connectivity index (χ3n) is 3.13. The first-order valence-corrected chi connectivity index (χ1v) is 7.03. The first-order chi connectivity index (χ1) is 9.83. The molecule has 5 heteroatoms. The van der Waals surface area contributed by atoms with E-state index in [1.807, 2.05) is 6.92 Å². The first-order valence-electron chi connectivity index (χ1n) is 7.03. The van der Waals surface area contributed by atoms with Crippen molar-refractivity contribution in [3.63, 3.8) is 0 Å². The van der Waals surface area contributed by atoms with Gasteiger partial charge in [-0.1, -0.05) is 18.1 Å². The molecule has 0 radical (unpaired) electrons. The summed E-state index contributed by atoms with van der Waals surface area (Å²) in [5, 5.41) is 6.25. The maximum absolute atomic E-state index is 5.51. The Hall–Kier alpha value is -1.42. The first kappa shape index (κ1) is 17.6. The van der Waals surface area contributed by atoms with Crippen molar-refractivity contribution in [2.75, 3.05) is 26.2 Å². The van der Waals surface area contributed by atoms with Gasteiger partial charge in [0.1, 0.15) is 5.75 Å². The number of halogens is 1. The van der Waals surface area contributed by atoms with Crippen LogP contribution in [0.3, 0.4) is 0 Å². The van der Waals surface area contributed by atoms with Crippen LogP contribution in [0, 0.1) is 12.3 Å². The van der Waals surface area contributed by atoms with Crippen molar-refractivity contribution in [1.82, 2.24) is 10.6 Å². The maximum Gasteiger partial charge on any atom is 0.192 e. The number of rotatable bonds is 5. The van der Waals surface area contributed by atoms with E-state index in [2.05, 4.69) is 39.7 Å². The molecule has 2 rings (SSSR count). The summed E-state index contributed by atoms with van der Waals surface area (Å²) in [5.41, 5.74) is 2.61. The van der Waals surface area contributed by atoms with Gasteiger partial charge in [-0.2, -0.15) is 0 Å². The fourth-order valence-electron chi connectivity index (χ4n) is 2.17. The highest BCUT2D eigenvalue weighted by Gasteiger charge is 2.11. The molecule has 1 heterocycles. The number of hydrogen-bond donors (Lipinski definition) is 2. The van der Waals surface area contributed by atoms with Crippen LogP contribution in [0.4, 0.5) is 0 Å². The number of fused-ring (bicyclic) bond motifs is 1. The zero-order valence-electron chi connectivity index (χ0n) is 12.3. The van der Waals surface area contributed by atoms with Crippen LogP contribution in [0.25, 0.3) is 0 Å². The number of hydrogen-bond acceptors (Lipinski definition) is 2. The summed E-state index contributed by atoms with van der Waals surface area (Å²) in [7, 11) is 0. The summed E-state index contributed by atoms with van der Waals surface area (Å²) < 4.78 is 5.51. The van der Waals surface area contributed by atoms with Crippen LogP contribution in [0.1, 0.15) is 18.1 Å². The molecule has 0 aliphatic carbocycles. The molecule has 0 fully saturated rings. The zero-order valence-corrected chi connectivity index (χ0v) is 14.6. The molecule has 1 aromatic carbocycles. The van der Waals surface area contributed by atoms with Crippen LogP contribution in [0.15, 0.2) is 23.2 Å². The summed E-state index contributed by atoms with van der Waals surface area (Å²) in [4.78, 5) is 4.51. The minimum Gasteiger partial charge on any atom is -0.493 e. The van der Waals surface area contributed by atoms with Crippen LogP contribution in [0.2, 0.25) is 0 Å². The lowest BCUT2D eigenvalue weighted by Gasteiger charge is -2.09. The largest absolute Gasteiger partial charge is 0.493 e. The van der Waals surface area contributed by atoms with Gasteiger partial charge in [-0.25, -0.2) is 0 Å². The molecule has 0 atom stereocenters. The Morgan fingerprint density at radius 2 is 2.29 bits per heavy atom. The molecule has 1 aliphatic heterocycles. The van der Waals surface area contributed by atoms with Crippen molar-refractivity contribution >= 4 is 29.9 Å². The summed E-state index contributed by atoms with van der Waals surface area (Å²) in [6, 6.07) is 6.39. The Bertz CT molecular complexity index is 523. The third kappa shape index (κ3) is 5.46. The Morgan fingerprint density at radius 1 is 1.43 bits per heavy atom. The van der Waals surface area contributed by atoms with Gasteiger partial charge < -0.3 is 15.4 Å². The van der Waals surface area contributed by atoms with Gasteiger partial charge in [0.25, 0.3) is 0 Å². The fraction of sp³-hybridized carbons (Fsp3) is 0.438. The number of nitrogens with zero attached hydrogens (tertiary/aromatic N) is 1. The van der Waals surface area contributed by atoms with Gasteiger partial charge in [0, 0.05) is 19.5 Å². The van der Waals surface area contributed by atoms with Crippen LogP contribution in [-0.4, -0.2) is 32.2 Å². The molecule has 21 heavy (non-hydrogen) atoms. The van der Waals surface area contributed by atoms with Crippen LogP contribution >= 0.6 is 24.0 Å². The number of ether oxygens (including phenoxy) is 1. The molecule has 114 valence electrons. The van der Waals surface area contributed by atoms with Crippen molar-refractivity contribution in [3.05, 3.63) is 29.3 Å². The van der Waals surface area contributed by atoms with Gasteiger partial charge in [0.05, 0.1) is 13.2 Å². The van der Waals surface area contributed by atoms with Crippen molar-refractivity contribution < 1.29 is 4.74 Å². The number of benzene rings is 1. The SMILES string of the molecule is C#CCNC(=NCCc1ccc2c(c1)CCO2)NCC.I. The van der Waals surface area contributed by atoms with E-state index in [1.165, 1.54) is 11.1 Å². The van der Waals surface area contributed by atoms with E-state index in [4.69, 9.17) is 11.2 Å². The lowest BCUT2D eigenvalue weighted by atomic mass is 10.1. The van der Waals surface area contributed by atoms with E-state index in [0.29, 0.717) is 6.54 Å². The minimum absolute atomic E-state index is 0. The van der Waals surface area contributed by atoms with E-state index >= 15 is 0 Å². The van der Waals surface area contributed by atoms with Gasteiger partial charge in [-0.3, -0.25) is 4.99 Å². The van der Waals surface area contributed by atoms with E-state index in [-0.39, 0.29) is 24.0 Å². The topological polar surface area (TPSA) is 45.7 Å². The van der Waals surface area contributed by atoms with Crippen molar-refractivity contribution in [3.8, 4) is 18.1 Å². The Kier molecular flexibility index (Phi) is 7.98. The van der Waals surface area contributed by atoms with Gasteiger partial charge in [0.15, 0.2) is 5.96 Å². The van der Waals surface area contributed by atoms with Crippen LogP contribution < -0.4 is 15.4 Å². The van der Waals surface area contributed by atoms with Gasteiger partial charge in [0.2, 0.25) is 0 Å². The van der Waals surface area contributed by atoms with Crippen molar-refractivity contribution in [2.24, 2.45) is 4.99 Å². The number of nitrogens with one attached hydrogen (secondary N) is 2. The number of aliphatic imine (C=N–C) groups is 1. The molecule has 0 saturated carbocycles. The third-order valence-corrected chi connectivity index (χ3v) is 3.13. The monoisotopic (exact) mass is 399 g/mol. The Balaban J connectivity index is 0.00000220. The molecule has 1 aliphatic rings. The standard InChI is InChI=1S/C16H21N3O.HI/c1-3-9-18-16(17-4-2)19-10-7-13-5-6-15-14(12-13)8-11-20-15;/h1,5-6,12H,4,7-11H2,2H3,(H2,17,18,19);1H. The second-order valence-corrected chi connectivity index (χ2v) is 4.61. The smallest absolute Gasteiger partial charge is 0.192 e. The fourth-order valence-corrected chi connectivity index (χ4v) is 2.17.